The lowest BCUT2D eigenvalue weighted by Gasteiger charge is -2.31. The van der Waals surface area contributed by atoms with E-state index in [9.17, 15) is 19.5 Å². The van der Waals surface area contributed by atoms with E-state index < -0.39 is 11.9 Å². The van der Waals surface area contributed by atoms with Gasteiger partial charge in [0, 0.05) is 18.2 Å². The molecule has 0 spiro atoms. The Balaban J connectivity index is 2.18. The predicted molar refractivity (Wildman–Crippen MR) is 78.9 cm³/mol. The van der Waals surface area contributed by atoms with Gasteiger partial charge in [0.25, 0.3) is 0 Å². The number of carboxylic acids is 1. The largest absolute Gasteiger partial charge is 0.478 e. The molecule has 1 aromatic carbocycles. The number of carbonyl (C=O) groups excluding carboxylic acids is 2. The standard InChI is InChI=1S/C17H16O5/c1-17(2)7-10(18)14(11(19)8-17)15-13(16(20)21)9-5-3-4-6-12(9)22-15/h3-6,14H,7-8H2,1-2H3,(H,20,21). The van der Waals surface area contributed by atoms with E-state index in [4.69, 9.17) is 4.42 Å². The molecule has 1 N–H and O–H groups in total. The second kappa shape index (κ2) is 4.80. The summed E-state index contributed by atoms with van der Waals surface area (Å²) in [5, 5.41) is 9.89. The van der Waals surface area contributed by atoms with Crippen LogP contribution in [0.15, 0.2) is 28.7 Å². The molecule has 1 saturated carbocycles. The number of benzene rings is 1. The Morgan fingerprint density at radius 1 is 1.18 bits per heavy atom. The number of rotatable bonds is 2. The third kappa shape index (κ3) is 2.22. The van der Waals surface area contributed by atoms with Crippen LogP contribution in [0.2, 0.25) is 0 Å². The third-order valence-corrected chi connectivity index (χ3v) is 4.05. The van der Waals surface area contributed by atoms with Crippen LogP contribution in [-0.4, -0.2) is 22.6 Å². The van der Waals surface area contributed by atoms with Crippen LogP contribution in [0.3, 0.4) is 0 Å². The number of furan rings is 1. The topological polar surface area (TPSA) is 84.6 Å². The van der Waals surface area contributed by atoms with Gasteiger partial charge in [-0.2, -0.15) is 0 Å². The number of hydrogen-bond donors (Lipinski definition) is 1. The summed E-state index contributed by atoms with van der Waals surface area (Å²) >= 11 is 0. The van der Waals surface area contributed by atoms with E-state index in [0.717, 1.165) is 0 Å². The molecular formula is C17H16O5. The van der Waals surface area contributed by atoms with Gasteiger partial charge in [-0.3, -0.25) is 9.59 Å². The number of Topliss-reactive ketones (excluding diaryl/α,β-unsaturated/α-hetero) is 2. The zero-order valence-electron chi connectivity index (χ0n) is 12.4. The van der Waals surface area contributed by atoms with Gasteiger partial charge in [-0.15, -0.1) is 0 Å². The molecule has 1 heterocycles. The van der Waals surface area contributed by atoms with Crippen molar-refractivity contribution in [3.8, 4) is 0 Å². The van der Waals surface area contributed by atoms with Crippen LogP contribution in [0.4, 0.5) is 0 Å². The van der Waals surface area contributed by atoms with E-state index in [1.165, 1.54) is 0 Å². The number of para-hydroxylation sites is 1. The van der Waals surface area contributed by atoms with E-state index in [1.807, 2.05) is 13.8 Å². The molecule has 114 valence electrons. The van der Waals surface area contributed by atoms with Crippen molar-refractivity contribution in [2.24, 2.45) is 5.41 Å². The maximum absolute atomic E-state index is 12.4. The highest BCUT2D eigenvalue weighted by atomic mass is 16.4. The monoisotopic (exact) mass is 300 g/mol. The maximum atomic E-state index is 12.4. The predicted octanol–water partition coefficient (Wildman–Crippen LogP) is 3.17. The molecule has 0 radical (unpaired) electrons. The summed E-state index contributed by atoms with van der Waals surface area (Å²) in [4.78, 5) is 36.4. The second-order valence-electron chi connectivity index (χ2n) is 6.53. The number of aromatic carboxylic acids is 1. The number of fused-ring (bicyclic) bond motifs is 1. The van der Waals surface area contributed by atoms with Crippen LogP contribution < -0.4 is 0 Å². The van der Waals surface area contributed by atoms with Gasteiger partial charge in [0.1, 0.15) is 22.8 Å². The highest BCUT2D eigenvalue weighted by Gasteiger charge is 2.44. The van der Waals surface area contributed by atoms with Crippen LogP contribution in [-0.2, 0) is 9.59 Å². The first kappa shape index (κ1) is 14.5. The minimum atomic E-state index is -1.19. The Morgan fingerprint density at radius 3 is 2.36 bits per heavy atom. The molecule has 0 unspecified atom stereocenters. The van der Waals surface area contributed by atoms with Crippen LogP contribution in [0.1, 0.15) is 48.7 Å². The molecule has 22 heavy (non-hydrogen) atoms. The van der Waals surface area contributed by atoms with E-state index in [2.05, 4.69) is 0 Å². The van der Waals surface area contributed by atoms with Gasteiger partial charge < -0.3 is 9.52 Å². The molecule has 0 amide bonds. The fourth-order valence-corrected chi connectivity index (χ4v) is 3.17. The van der Waals surface area contributed by atoms with Gasteiger partial charge >= 0.3 is 5.97 Å². The Kier molecular flexibility index (Phi) is 3.16. The first-order valence-electron chi connectivity index (χ1n) is 7.10. The van der Waals surface area contributed by atoms with Crippen molar-refractivity contribution < 1.29 is 23.9 Å². The lowest BCUT2D eigenvalue weighted by molar-refractivity contribution is -0.136. The molecule has 0 atom stereocenters. The van der Waals surface area contributed by atoms with E-state index in [0.29, 0.717) is 11.0 Å². The minimum Gasteiger partial charge on any atom is -0.478 e. The van der Waals surface area contributed by atoms with Gasteiger partial charge in [-0.05, 0) is 11.5 Å². The molecule has 1 fully saturated rings. The fourth-order valence-electron chi connectivity index (χ4n) is 3.17. The normalized spacial score (nSPS) is 18.8. The van der Waals surface area contributed by atoms with Gasteiger partial charge in [-0.1, -0.05) is 32.0 Å². The van der Waals surface area contributed by atoms with E-state index in [-0.39, 0.29) is 41.1 Å². The lowest BCUT2D eigenvalue weighted by atomic mass is 9.70. The van der Waals surface area contributed by atoms with Crippen LogP contribution >= 0.6 is 0 Å². The summed E-state index contributed by atoms with van der Waals surface area (Å²) in [5.74, 6) is -2.87. The second-order valence-corrected chi connectivity index (χ2v) is 6.53. The first-order valence-corrected chi connectivity index (χ1v) is 7.10. The number of ketones is 2. The van der Waals surface area contributed by atoms with Crippen molar-refractivity contribution in [2.45, 2.75) is 32.6 Å². The molecule has 2 aromatic rings. The van der Waals surface area contributed by atoms with Crippen molar-refractivity contribution in [3.05, 3.63) is 35.6 Å². The molecule has 3 rings (SSSR count). The van der Waals surface area contributed by atoms with Crippen molar-refractivity contribution >= 4 is 28.5 Å². The Labute approximate surface area is 126 Å². The summed E-state index contributed by atoms with van der Waals surface area (Å²) in [6.07, 6.45) is 0.471. The molecule has 1 aromatic heterocycles. The smallest absolute Gasteiger partial charge is 0.339 e. The summed E-state index contributed by atoms with van der Waals surface area (Å²) in [7, 11) is 0. The Morgan fingerprint density at radius 2 is 1.77 bits per heavy atom. The average molecular weight is 300 g/mol. The molecule has 0 saturated heterocycles. The van der Waals surface area contributed by atoms with Crippen molar-refractivity contribution in [1.29, 1.82) is 0 Å². The molecule has 0 aliphatic heterocycles. The molecule has 1 aliphatic carbocycles. The van der Waals surface area contributed by atoms with Crippen LogP contribution in [0, 0.1) is 5.41 Å². The summed E-state index contributed by atoms with van der Waals surface area (Å²) < 4.78 is 5.59. The fraction of sp³-hybridized carbons (Fsp3) is 0.353. The number of carbonyl (C=O) groups is 3. The number of carboxylic acid groups (broad SMARTS) is 1. The molecule has 5 heteroatoms. The lowest BCUT2D eigenvalue weighted by Crippen LogP contribution is -2.36. The van der Waals surface area contributed by atoms with Crippen LogP contribution in [0.25, 0.3) is 11.0 Å². The minimum absolute atomic E-state index is 0.0285. The highest BCUT2D eigenvalue weighted by Crippen LogP contribution is 2.41. The van der Waals surface area contributed by atoms with Gasteiger partial charge in [0.15, 0.2) is 11.6 Å². The SMILES string of the molecule is CC1(C)CC(=O)C(c2oc3ccccc3c2C(=O)O)C(=O)C1. The zero-order valence-corrected chi connectivity index (χ0v) is 12.4. The Bertz CT molecular complexity index is 776. The maximum Gasteiger partial charge on any atom is 0.339 e. The van der Waals surface area contributed by atoms with Gasteiger partial charge in [0.05, 0.1) is 0 Å². The molecule has 1 aliphatic rings. The molecule has 0 bridgehead atoms. The quantitative estimate of drug-likeness (QED) is 0.861. The Hall–Kier alpha value is -2.43. The summed E-state index contributed by atoms with van der Waals surface area (Å²) in [6, 6.07) is 6.66. The van der Waals surface area contributed by atoms with Gasteiger partial charge in [0.2, 0.25) is 0 Å². The zero-order chi connectivity index (χ0) is 16.1. The highest BCUT2D eigenvalue weighted by molar-refractivity contribution is 6.13. The van der Waals surface area contributed by atoms with Gasteiger partial charge in [-0.25, -0.2) is 4.79 Å². The van der Waals surface area contributed by atoms with E-state index >= 15 is 0 Å². The first-order chi connectivity index (χ1) is 10.3. The van der Waals surface area contributed by atoms with E-state index in [1.54, 1.807) is 24.3 Å². The molecule has 5 nitrogen and oxygen atoms in total. The summed E-state index contributed by atoms with van der Waals surface area (Å²) in [5.41, 5.74) is -0.0950. The average Bonchev–Trinajstić information content (AvgIpc) is 2.74. The summed E-state index contributed by atoms with van der Waals surface area (Å²) in [6.45, 7) is 3.71. The molecular weight excluding hydrogens is 284 g/mol. The van der Waals surface area contributed by atoms with Crippen LogP contribution in [0.5, 0.6) is 0 Å². The number of hydrogen-bond acceptors (Lipinski definition) is 4. The van der Waals surface area contributed by atoms with Crippen molar-refractivity contribution in [3.63, 3.8) is 0 Å². The van der Waals surface area contributed by atoms with Crippen molar-refractivity contribution in [2.75, 3.05) is 0 Å². The third-order valence-electron chi connectivity index (χ3n) is 4.05. The van der Waals surface area contributed by atoms with Crippen molar-refractivity contribution in [1.82, 2.24) is 0 Å².